The third kappa shape index (κ3) is 8.12. The number of hydrogen-bond donors (Lipinski definition) is 0. The number of rotatable bonds is 14. The first kappa shape index (κ1) is 26.7. The number of benzene rings is 1. The fourth-order valence-corrected chi connectivity index (χ4v) is 5.28. The summed E-state index contributed by atoms with van der Waals surface area (Å²) in [5, 5.41) is 0. The summed E-state index contributed by atoms with van der Waals surface area (Å²) in [5.41, 5.74) is 3.11. The predicted octanol–water partition coefficient (Wildman–Crippen LogP) is 8.36. The fraction of sp³-hybridized carbons (Fsp3) is 0.759. The van der Waals surface area contributed by atoms with Gasteiger partial charge < -0.3 is 9.47 Å². The number of carbonyl (C=O) groups is 1. The Labute approximate surface area is 197 Å². The molecule has 1 heterocycles. The van der Waals surface area contributed by atoms with E-state index in [0.29, 0.717) is 12.2 Å². The van der Waals surface area contributed by atoms with Crippen LogP contribution in [0.15, 0.2) is 6.07 Å². The molecule has 1 aromatic rings. The molecule has 0 saturated carbocycles. The minimum Gasteiger partial charge on any atom is -0.487 e. The average Bonchev–Trinajstić information content (AvgIpc) is 2.70. The van der Waals surface area contributed by atoms with Gasteiger partial charge in [0.05, 0.1) is 0 Å². The molecule has 0 bridgehead atoms. The Morgan fingerprint density at radius 3 is 2.19 bits per heavy atom. The summed E-state index contributed by atoms with van der Waals surface area (Å²) in [6.45, 7) is 16.3. The molecule has 3 atom stereocenters. The lowest BCUT2D eigenvalue weighted by Gasteiger charge is -2.37. The summed E-state index contributed by atoms with van der Waals surface area (Å²) in [7, 11) is 0. The van der Waals surface area contributed by atoms with E-state index >= 15 is 0 Å². The second kappa shape index (κ2) is 12.7. The lowest BCUT2D eigenvalue weighted by Crippen LogP contribution is -2.36. The molecule has 0 spiro atoms. The summed E-state index contributed by atoms with van der Waals surface area (Å²) in [5.74, 6) is 4.18. The van der Waals surface area contributed by atoms with Crippen LogP contribution >= 0.6 is 0 Å². The van der Waals surface area contributed by atoms with Crippen LogP contribution in [0, 0.1) is 31.6 Å². The number of aryl methyl sites for hydroxylation is 1. The summed E-state index contributed by atoms with van der Waals surface area (Å²) < 4.78 is 11.7. The molecule has 0 aliphatic carbocycles. The quantitative estimate of drug-likeness (QED) is 0.270. The van der Waals surface area contributed by atoms with Gasteiger partial charge in [0.15, 0.2) is 0 Å². The summed E-state index contributed by atoms with van der Waals surface area (Å²) in [4.78, 5) is 10.8. The van der Waals surface area contributed by atoms with E-state index in [9.17, 15) is 4.79 Å². The molecule has 0 aromatic heterocycles. The van der Waals surface area contributed by atoms with E-state index in [1.807, 2.05) is 19.9 Å². The fourth-order valence-electron chi connectivity index (χ4n) is 5.28. The van der Waals surface area contributed by atoms with Crippen LogP contribution in [0.2, 0.25) is 0 Å². The SMILES string of the molecule is Cc1cc2c(c(C)c1OC=O)CC[C@@](C)(CCC[C@H](C)CCC[C@H](C)CCCC(C)C)O2. The van der Waals surface area contributed by atoms with Crippen LogP contribution in [0.1, 0.15) is 116 Å². The van der Waals surface area contributed by atoms with Gasteiger partial charge in [-0.15, -0.1) is 0 Å². The van der Waals surface area contributed by atoms with Gasteiger partial charge in [0, 0.05) is 5.56 Å². The molecule has 0 amide bonds. The molecular weight excluding hydrogens is 396 g/mol. The molecule has 1 aromatic carbocycles. The highest BCUT2D eigenvalue weighted by molar-refractivity contribution is 5.58. The van der Waals surface area contributed by atoms with E-state index < -0.39 is 0 Å². The van der Waals surface area contributed by atoms with Gasteiger partial charge in [-0.25, -0.2) is 0 Å². The normalized spacial score (nSPS) is 19.9. The van der Waals surface area contributed by atoms with E-state index in [-0.39, 0.29) is 5.60 Å². The molecule has 32 heavy (non-hydrogen) atoms. The standard InChI is InChI=1S/C29H48O3/c1-21(2)11-8-12-22(3)13-9-14-23(4)15-10-17-29(7)18-16-26-25(6)28(31-20-30)24(5)19-27(26)32-29/h19-23H,8-18H2,1-7H3/t22-,23-,29-/m1/s1. The minimum atomic E-state index is -0.0937. The number of hydrogen-bond acceptors (Lipinski definition) is 3. The highest BCUT2D eigenvalue weighted by Gasteiger charge is 2.33. The van der Waals surface area contributed by atoms with Crippen molar-refractivity contribution in [1.82, 2.24) is 0 Å². The van der Waals surface area contributed by atoms with E-state index in [0.717, 1.165) is 53.9 Å². The molecule has 1 aliphatic rings. The molecule has 182 valence electrons. The second-order valence-corrected chi connectivity index (χ2v) is 11.2. The van der Waals surface area contributed by atoms with Crippen molar-refractivity contribution in [3.05, 3.63) is 22.8 Å². The molecule has 0 saturated heterocycles. The molecule has 2 rings (SSSR count). The van der Waals surface area contributed by atoms with Crippen LogP contribution in [-0.2, 0) is 11.2 Å². The van der Waals surface area contributed by atoms with Crippen LogP contribution in [0.4, 0.5) is 0 Å². The van der Waals surface area contributed by atoms with Crippen LogP contribution in [0.25, 0.3) is 0 Å². The molecule has 0 radical (unpaired) electrons. The lowest BCUT2D eigenvalue weighted by atomic mass is 9.85. The Morgan fingerprint density at radius 2 is 1.59 bits per heavy atom. The number of carbonyl (C=O) groups excluding carboxylic acids is 1. The third-order valence-electron chi connectivity index (χ3n) is 7.50. The number of fused-ring (bicyclic) bond motifs is 1. The highest BCUT2D eigenvalue weighted by Crippen LogP contribution is 2.42. The van der Waals surface area contributed by atoms with Gasteiger partial charge in [0.25, 0.3) is 6.47 Å². The van der Waals surface area contributed by atoms with Gasteiger partial charge >= 0.3 is 0 Å². The Bertz CT molecular complexity index is 724. The largest absolute Gasteiger partial charge is 0.487 e. The monoisotopic (exact) mass is 444 g/mol. The average molecular weight is 445 g/mol. The lowest BCUT2D eigenvalue weighted by molar-refractivity contribution is -0.120. The first-order valence-corrected chi connectivity index (χ1v) is 13.1. The minimum absolute atomic E-state index is 0.0937. The zero-order valence-corrected chi connectivity index (χ0v) is 21.9. The van der Waals surface area contributed by atoms with Gasteiger partial charge in [-0.3, -0.25) is 4.79 Å². The van der Waals surface area contributed by atoms with Crippen LogP contribution in [-0.4, -0.2) is 12.1 Å². The molecule has 1 aliphatic heterocycles. The summed E-state index contributed by atoms with van der Waals surface area (Å²) in [6.07, 6.45) is 13.9. The first-order valence-electron chi connectivity index (χ1n) is 13.1. The van der Waals surface area contributed by atoms with Crippen molar-refractivity contribution in [2.75, 3.05) is 0 Å². The third-order valence-corrected chi connectivity index (χ3v) is 7.50. The first-order chi connectivity index (χ1) is 15.1. The van der Waals surface area contributed by atoms with E-state index in [1.54, 1.807) is 0 Å². The van der Waals surface area contributed by atoms with Gasteiger partial charge in [-0.2, -0.15) is 0 Å². The maximum atomic E-state index is 10.8. The van der Waals surface area contributed by atoms with Gasteiger partial charge in [-0.1, -0.05) is 72.6 Å². The maximum absolute atomic E-state index is 10.8. The van der Waals surface area contributed by atoms with Crippen molar-refractivity contribution < 1.29 is 14.3 Å². The van der Waals surface area contributed by atoms with Crippen molar-refractivity contribution >= 4 is 6.47 Å². The molecular formula is C29H48O3. The number of ether oxygens (including phenoxy) is 2. The highest BCUT2D eigenvalue weighted by atomic mass is 16.5. The van der Waals surface area contributed by atoms with Crippen molar-refractivity contribution in [2.45, 2.75) is 125 Å². The van der Waals surface area contributed by atoms with Gasteiger partial charge in [-0.05, 0) is 81.4 Å². The Kier molecular flexibility index (Phi) is 10.6. The second-order valence-electron chi connectivity index (χ2n) is 11.2. The zero-order valence-electron chi connectivity index (χ0n) is 21.9. The van der Waals surface area contributed by atoms with Gasteiger partial charge in [0.1, 0.15) is 17.1 Å². The van der Waals surface area contributed by atoms with E-state index in [4.69, 9.17) is 9.47 Å². The van der Waals surface area contributed by atoms with E-state index in [1.165, 1.54) is 56.9 Å². The smallest absolute Gasteiger partial charge is 0.298 e. The Hall–Kier alpha value is -1.51. The molecule has 3 nitrogen and oxygen atoms in total. The Morgan fingerprint density at radius 1 is 1.00 bits per heavy atom. The molecule has 0 N–H and O–H groups in total. The topological polar surface area (TPSA) is 35.5 Å². The van der Waals surface area contributed by atoms with Crippen LogP contribution in [0.3, 0.4) is 0 Å². The van der Waals surface area contributed by atoms with Crippen molar-refractivity contribution in [2.24, 2.45) is 17.8 Å². The van der Waals surface area contributed by atoms with Crippen molar-refractivity contribution in [1.29, 1.82) is 0 Å². The summed E-state index contributed by atoms with van der Waals surface area (Å²) in [6, 6.07) is 2.05. The Balaban J connectivity index is 1.74. The summed E-state index contributed by atoms with van der Waals surface area (Å²) >= 11 is 0. The molecule has 0 unspecified atom stereocenters. The molecule has 0 fully saturated rings. The van der Waals surface area contributed by atoms with E-state index in [2.05, 4.69) is 34.6 Å². The van der Waals surface area contributed by atoms with Crippen molar-refractivity contribution in [3.8, 4) is 11.5 Å². The van der Waals surface area contributed by atoms with Gasteiger partial charge in [0.2, 0.25) is 0 Å². The maximum Gasteiger partial charge on any atom is 0.298 e. The molecule has 3 heteroatoms. The van der Waals surface area contributed by atoms with Crippen LogP contribution in [0.5, 0.6) is 11.5 Å². The predicted molar refractivity (Wildman–Crippen MR) is 135 cm³/mol. The van der Waals surface area contributed by atoms with Crippen LogP contribution < -0.4 is 9.47 Å². The van der Waals surface area contributed by atoms with Crippen molar-refractivity contribution in [3.63, 3.8) is 0 Å². The zero-order chi connectivity index (χ0) is 23.7.